The summed E-state index contributed by atoms with van der Waals surface area (Å²) in [5, 5.41) is 7.88. The summed E-state index contributed by atoms with van der Waals surface area (Å²) >= 11 is 11.0. The third-order valence-corrected chi connectivity index (χ3v) is 5.30. The smallest absolute Gasteiger partial charge is 0.107 e. The van der Waals surface area contributed by atoms with E-state index in [4.69, 9.17) is 11.6 Å². The van der Waals surface area contributed by atoms with Gasteiger partial charge in [0, 0.05) is 28.1 Å². The Labute approximate surface area is 131 Å². The third kappa shape index (κ3) is 4.31. The summed E-state index contributed by atoms with van der Waals surface area (Å²) in [6, 6.07) is 4.18. The Hall–Kier alpha value is -0.360. The van der Waals surface area contributed by atoms with Gasteiger partial charge < -0.3 is 5.32 Å². The van der Waals surface area contributed by atoms with E-state index in [2.05, 4.69) is 50.1 Å². The van der Waals surface area contributed by atoms with Gasteiger partial charge >= 0.3 is 0 Å². The number of nitrogens with one attached hydrogen (secondary N) is 1. The minimum Gasteiger partial charge on any atom is -0.312 e. The lowest BCUT2D eigenvalue weighted by molar-refractivity contribution is 0.533. The van der Waals surface area contributed by atoms with Crippen LogP contribution < -0.4 is 5.32 Å². The van der Waals surface area contributed by atoms with Crippen LogP contribution in [-0.2, 0) is 13.1 Å². The number of halogens is 2. The molecule has 0 aliphatic rings. The second kappa shape index (κ2) is 6.88. The molecule has 0 spiro atoms. The molecule has 19 heavy (non-hydrogen) atoms. The van der Waals surface area contributed by atoms with E-state index in [0.717, 1.165) is 40.6 Å². The van der Waals surface area contributed by atoms with E-state index in [-0.39, 0.29) is 0 Å². The first kappa shape index (κ1) is 15.0. The second-order valence-corrected chi connectivity index (χ2v) is 7.11. The van der Waals surface area contributed by atoms with Crippen LogP contribution in [0.5, 0.6) is 0 Å². The molecule has 2 aromatic heterocycles. The molecule has 0 saturated heterocycles. The molecule has 1 N–H and O–H groups in total. The molecule has 0 unspecified atom stereocenters. The summed E-state index contributed by atoms with van der Waals surface area (Å²) in [4.78, 5) is 1.25. The molecular formula is C13H17BrClN3S. The number of aromatic nitrogens is 2. The van der Waals surface area contributed by atoms with Crippen molar-refractivity contribution in [3.8, 4) is 0 Å². The maximum Gasteiger partial charge on any atom is 0.107 e. The average Bonchev–Trinajstić information content (AvgIpc) is 2.82. The highest BCUT2D eigenvalue weighted by atomic mass is 79.9. The normalized spacial score (nSPS) is 11.2. The van der Waals surface area contributed by atoms with E-state index in [1.807, 2.05) is 6.92 Å². The van der Waals surface area contributed by atoms with E-state index in [9.17, 15) is 0 Å². The number of thiophene rings is 1. The number of aryl methyl sites for hydroxylation is 3. The van der Waals surface area contributed by atoms with Crippen LogP contribution >= 0.6 is 38.9 Å². The summed E-state index contributed by atoms with van der Waals surface area (Å²) in [7, 11) is 0. The molecule has 0 saturated carbocycles. The van der Waals surface area contributed by atoms with Crippen molar-refractivity contribution >= 4 is 38.9 Å². The minimum absolute atomic E-state index is 0.819. The molecule has 2 rings (SSSR count). The average molecular weight is 363 g/mol. The van der Waals surface area contributed by atoms with Crippen molar-refractivity contribution in [3.05, 3.63) is 37.2 Å². The van der Waals surface area contributed by atoms with Gasteiger partial charge in [-0.1, -0.05) is 11.6 Å². The summed E-state index contributed by atoms with van der Waals surface area (Å²) in [6.45, 7) is 6.93. The van der Waals surface area contributed by atoms with E-state index in [1.54, 1.807) is 11.3 Å². The maximum absolute atomic E-state index is 6.00. The van der Waals surface area contributed by atoms with Crippen molar-refractivity contribution in [2.45, 2.75) is 33.4 Å². The van der Waals surface area contributed by atoms with Crippen LogP contribution in [0.4, 0.5) is 0 Å². The Balaban J connectivity index is 1.68. The molecule has 3 nitrogen and oxygen atoms in total. The Morgan fingerprint density at radius 2 is 2.21 bits per heavy atom. The minimum atomic E-state index is 0.819. The molecule has 0 bridgehead atoms. The molecule has 0 atom stereocenters. The van der Waals surface area contributed by atoms with Crippen LogP contribution in [-0.4, -0.2) is 16.3 Å². The van der Waals surface area contributed by atoms with Crippen LogP contribution in [0.3, 0.4) is 0 Å². The van der Waals surface area contributed by atoms with E-state index in [1.165, 1.54) is 10.6 Å². The number of rotatable bonds is 6. The Kier molecular flexibility index (Phi) is 5.45. The molecule has 0 radical (unpaired) electrons. The predicted octanol–water partition coefficient (Wildman–Crippen LogP) is 4.16. The lowest BCUT2D eigenvalue weighted by Gasteiger charge is -2.05. The third-order valence-electron chi connectivity index (χ3n) is 2.82. The lowest BCUT2D eigenvalue weighted by Crippen LogP contribution is -2.16. The Bertz CT molecular complexity index is 531. The molecule has 2 aromatic rings. The number of hydrogen-bond donors (Lipinski definition) is 1. The quantitative estimate of drug-likeness (QED) is 0.782. The van der Waals surface area contributed by atoms with Crippen LogP contribution in [0.2, 0.25) is 4.34 Å². The van der Waals surface area contributed by atoms with E-state index in [0.29, 0.717) is 0 Å². The van der Waals surface area contributed by atoms with Crippen molar-refractivity contribution in [2.24, 2.45) is 0 Å². The molecule has 0 amide bonds. The zero-order chi connectivity index (χ0) is 13.8. The molecule has 0 aliphatic heterocycles. The van der Waals surface area contributed by atoms with Gasteiger partial charge in [0.05, 0.1) is 5.69 Å². The molecule has 0 aromatic carbocycles. The topological polar surface area (TPSA) is 29.9 Å². The van der Waals surface area contributed by atoms with Crippen molar-refractivity contribution in [1.29, 1.82) is 0 Å². The molecule has 0 aliphatic carbocycles. The first-order chi connectivity index (χ1) is 9.06. The van der Waals surface area contributed by atoms with Gasteiger partial charge in [0.1, 0.15) is 4.34 Å². The summed E-state index contributed by atoms with van der Waals surface area (Å²) in [5.74, 6) is 0. The number of nitrogens with zero attached hydrogens (tertiary/aromatic N) is 2. The SMILES string of the molecule is Cc1cc(C)n(CCCNCc2cc(Br)c(Cl)s2)n1. The fraction of sp³-hybridized carbons (Fsp3) is 0.462. The highest BCUT2D eigenvalue weighted by molar-refractivity contribution is 9.10. The zero-order valence-electron chi connectivity index (χ0n) is 11.0. The van der Waals surface area contributed by atoms with Crippen LogP contribution in [0.25, 0.3) is 0 Å². The van der Waals surface area contributed by atoms with E-state index >= 15 is 0 Å². The van der Waals surface area contributed by atoms with Gasteiger partial charge in [-0.25, -0.2) is 0 Å². The van der Waals surface area contributed by atoms with Crippen molar-refractivity contribution in [2.75, 3.05) is 6.54 Å². The highest BCUT2D eigenvalue weighted by Crippen LogP contribution is 2.31. The van der Waals surface area contributed by atoms with Crippen molar-refractivity contribution in [3.63, 3.8) is 0 Å². The van der Waals surface area contributed by atoms with Gasteiger partial charge in [0.25, 0.3) is 0 Å². The Morgan fingerprint density at radius 3 is 2.79 bits per heavy atom. The first-order valence-electron chi connectivity index (χ1n) is 6.22. The van der Waals surface area contributed by atoms with Crippen molar-refractivity contribution in [1.82, 2.24) is 15.1 Å². The van der Waals surface area contributed by atoms with Crippen LogP contribution in [0, 0.1) is 13.8 Å². The van der Waals surface area contributed by atoms with Gasteiger partial charge in [0.2, 0.25) is 0 Å². The molecule has 6 heteroatoms. The zero-order valence-corrected chi connectivity index (χ0v) is 14.2. The fourth-order valence-corrected chi connectivity index (χ4v) is 3.71. The van der Waals surface area contributed by atoms with Gasteiger partial charge in [-0.3, -0.25) is 4.68 Å². The Morgan fingerprint density at radius 1 is 1.42 bits per heavy atom. The highest BCUT2D eigenvalue weighted by Gasteiger charge is 2.04. The molecule has 104 valence electrons. The number of hydrogen-bond acceptors (Lipinski definition) is 3. The fourth-order valence-electron chi connectivity index (χ4n) is 1.95. The van der Waals surface area contributed by atoms with Gasteiger partial charge in [-0.05, 0) is 54.9 Å². The van der Waals surface area contributed by atoms with Crippen LogP contribution in [0.15, 0.2) is 16.6 Å². The summed E-state index contributed by atoms with van der Waals surface area (Å²) < 4.78 is 3.87. The lowest BCUT2D eigenvalue weighted by atomic mass is 10.3. The van der Waals surface area contributed by atoms with Crippen LogP contribution in [0.1, 0.15) is 22.7 Å². The molecular weight excluding hydrogens is 346 g/mol. The summed E-state index contributed by atoms with van der Waals surface area (Å²) in [5.41, 5.74) is 2.31. The van der Waals surface area contributed by atoms with Gasteiger partial charge in [-0.15, -0.1) is 11.3 Å². The largest absolute Gasteiger partial charge is 0.312 e. The predicted molar refractivity (Wildman–Crippen MR) is 85.1 cm³/mol. The molecule has 0 fully saturated rings. The second-order valence-electron chi connectivity index (χ2n) is 4.51. The first-order valence-corrected chi connectivity index (χ1v) is 8.20. The van der Waals surface area contributed by atoms with Gasteiger partial charge in [0.15, 0.2) is 0 Å². The van der Waals surface area contributed by atoms with E-state index < -0.39 is 0 Å². The van der Waals surface area contributed by atoms with Crippen molar-refractivity contribution < 1.29 is 0 Å². The maximum atomic E-state index is 6.00. The summed E-state index contributed by atoms with van der Waals surface area (Å²) in [6.07, 6.45) is 1.07. The monoisotopic (exact) mass is 361 g/mol. The standard InChI is InChI=1S/C13H17BrClN3S/c1-9-6-10(2)18(17-9)5-3-4-16-8-11-7-12(14)13(15)19-11/h6-7,16H,3-5,8H2,1-2H3. The van der Waals surface area contributed by atoms with Gasteiger partial charge in [-0.2, -0.15) is 5.10 Å². The molecule has 2 heterocycles.